The normalized spacial score (nSPS) is 7.20. The molecule has 0 aliphatic heterocycles. The Bertz CT molecular complexity index is 14.4. The zero-order chi connectivity index (χ0) is 3.58. The summed E-state index contributed by atoms with van der Waals surface area (Å²) in [6.45, 7) is 0. The van der Waals surface area contributed by atoms with E-state index in [0.717, 1.165) is 0 Å². The molecule has 0 fully saturated rings. The third-order valence-electron chi connectivity index (χ3n) is 0. The Morgan fingerprint density at radius 1 is 1.40 bits per heavy atom. The topological polar surface area (TPSA) is 46.1 Å². The molecule has 5 heavy (non-hydrogen) atoms. The minimum atomic E-state index is -3.10. The average Bonchev–Trinajstić information content (AvgIpc) is 0.811. The molecule has 0 atom stereocenters. The summed E-state index contributed by atoms with van der Waals surface area (Å²) in [6.07, 6.45) is 0. The van der Waals surface area contributed by atoms with Gasteiger partial charge in [-0.05, 0) is 0 Å². The molecule has 5 heteroatoms. The molecule has 0 amide bonds. The predicted octanol–water partition coefficient (Wildman–Crippen LogP) is -2.76. The first kappa shape index (κ1) is 9.76. The number of rotatable bonds is 0. The molecule has 0 aliphatic carbocycles. The van der Waals surface area contributed by atoms with Gasteiger partial charge in [-0.2, -0.15) is 0 Å². The second-order valence-electron chi connectivity index (χ2n) is 0.224. The van der Waals surface area contributed by atoms with Crippen molar-refractivity contribution in [2.24, 2.45) is 0 Å². The molecular formula is AgAsO2S-3. The minimum absolute atomic E-state index is 0. The van der Waals surface area contributed by atoms with Gasteiger partial charge in [0.15, 0.2) is 0 Å². The molecule has 0 rings (SSSR count). The fourth-order valence-corrected chi connectivity index (χ4v) is 0. The molecule has 0 aromatic heterocycles. The van der Waals surface area contributed by atoms with Crippen LogP contribution in [0.25, 0.3) is 0 Å². The van der Waals surface area contributed by atoms with E-state index in [1.807, 2.05) is 0 Å². The van der Waals surface area contributed by atoms with E-state index in [4.69, 9.17) is 8.19 Å². The summed E-state index contributed by atoms with van der Waals surface area (Å²) < 4.78 is 17.9. The molecule has 0 spiro atoms. The van der Waals surface area contributed by atoms with Crippen LogP contribution < -0.4 is 8.19 Å². The SMILES string of the molecule is [Ag].[O-][As]([O-])[S-]. The molecule has 37 valence electrons. The first-order valence-electron chi connectivity index (χ1n) is 0.548. The summed E-state index contributed by atoms with van der Waals surface area (Å²) in [5.41, 5.74) is 0. The fraction of sp³-hybridized carbons (Fsp3) is 0. The summed E-state index contributed by atoms with van der Waals surface area (Å²) in [6, 6.07) is 0. The van der Waals surface area contributed by atoms with Crippen molar-refractivity contribution in [1.29, 1.82) is 0 Å². The summed E-state index contributed by atoms with van der Waals surface area (Å²) in [7, 11) is 3.66. The van der Waals surface area contributed by atoms with Gasteiger partial charge in [0, 0.05) is 22.4 Å². The van der Waals surface area contributed by atoms with Gasteiger partial charge >= 0.3 is 33.3 Å². The third-order valence-corrected chi connectivity index (χ3v) is 0. The predicted molar refractivity (Wildman–Crippen MR) is 13.1 cm³/mol. The molecular weight excluding hydrogens is 247 g/mol. The standard InChI is InChI=1S/Ag.AsO2S/c;2-1(3)4/q;-3. The second kappa shape index (κ2) is 5.57. The van der Waals surface area contributed by atoms with Crippen molar-refractivity contribution >= 4 is 25.1 Å². The number of hydrogen-bond donors (Lipinski definition) is 0. The van der Waals surface area contributed by atoms with Gasteiger partial charge in [-0.3, -0.25) is 0 Å². The van der Waals surface area contributed by atoms with Crippen LogP contribution in [0.15, 0.2) is 0 Å². The molecule has 0 heterocycles. The zero-order valence-corrected chi connectivity index (χ0v) is 6.15. The van der Waals surface area contributed by atoms with E-state index in [1.54, 1.807) is 0 Å². The summed E-state index contributed by atoms with van der Waals surface area (Å²) in [5, 5.41) is 0. The molecule has 0 bridgehead atoms. The maximum atomic E-state index is 8.93. The van der Waals surface area contributed by atoms with Crippen molar-refractivity contribution in [2.75, 3.05) is 0 Å². The van der Waals surface area contributed by atoms with E-state index in [9.17, 15) is 0 Å². The molecule has 1 radical (unpaired) electrons. The van der Waals surface area contributed by atoms with Crippen molar-refractivity contribution < 1.29 is 30.6 Å². The van der Waals surface area contributed by atoms with E-state index in [-0.39, 0.29) is 22.4 Å². The first-order chi connectivity index (χ1) is 1.73. The van der Waals surface area contributed by atoms with Crippen LogP contribution in [0.3, 0.4) is 0 Å². The van der Waals surface area contributed by atoms with Gasteiger partial charge in [0.25, 0.3) is 0 Å². The van der Waals surface area contributed by atoms with Crippen LogP contribution in [0.2, 0.25) is 0 Å². The van der Waals surface area contributed by atoms with Gasteiger partial charge in [-0.15, -0.1) is 0 Å². The summed E-state index contributed by atoms with van der Waals surface area (Å²) >= 11 is -3.10. The van der Waals surface area contributed by atoms with Gasteiger partial charge in [-0.25, -0.2) is 0 Å². The van der Waals surface area contributed by atoms with E-state index >= 15 is 0 Å². The van der Waals surface area contributed by atoms with Gasteiger partial charge < -0.3 is 0 Å². The maximum absolute atomic E-state index is 8.93. The summed E-state index contributed by atoms with van der Waals surface area (Å²) in [5.74, 6) is 0. The molecule has 0 N–H and O–H groups in total. The number of hydrogen-bond acceptors (Lipinski definition) is 3. The molecule has 0 saturated heterocycles. The second-order valence-corrected chi connectivity index (χ2v) is 2.71. The Morgan fingerprint density at radius 3 is 1.40 bits per heavy atom. The summed E-state index contributed by atoms with van der Waals surface area (Å²) in [4.78, 5) is 0. The molecule has 2 nitrogen and oxygen atoms in total. The molecule has 0 aromatic rings. The van der Waals surface area contributed by atoms with E-state index in [2.05, 4.69) is 10.9 Å². The van der Waals surface area contributed by atoms with Crippen molar-refractivity contribution in [3.8, 4) is 0 Å². The Hall–Kier alpha value is 1.57. The van der Waals surface area contributed by atoms with Crippen molar-refractivity contribution in [3.63, 3.8) is 0 Å². The van der Waals surface area contributed by atoms with Crippen LogP contribution in [0, 0.1) is 0 Å². The fourth-order valence-electron chi connectivity index (χ4n) is 0. The monoisotopic (exact) mass is 246 g/mol. The van der Waals surface area contributed by atoms with Crippen LogP contribution in [-0.4, -0.2) is 14.2 Å². The molecule has 0 aromatic carbocycles. The Balaban J connectivity index is 0. The van der Waals surface area contributed by atoms with Crippen molar-refractivity contribution in [2.45, 2.75) is 0 Å². The van der Waals surface area contributed by atoms with Gasteiger partial charge in [-0.1, -0.05) is 0 Å². The van der Waals surface area contributed by atoms with Gasteiger partial charge in [0.1, 0.15) is 0 Å². The van der Waals surface area contributed by atoms with Crippen molar-refractivity contribution in [3.05, 3.63) is 0 Å². The Labute approximate surface area is 55.5 Å². The molecule has 0 saturated carbocycles. The quantitative estimate of drug-likeness (QED) is 0.344. The Morgan fingerprint density at radius 2 is 1.40 bits per heavy atom. The third kappa shape index (κ3) is 28.8. The van der Waals surface area contributed by atoms with E-state index in [1.165, 1.54) is 0 Å². The van der Waals surface area contributed by atoms with Crippen LogP contribution >= 0.6 is 0 Å². The van der Waals surface area contributed by atoms with Gasteiger partial charge in [0.2, 0.25) is 0 Å². The average molecular weight is 247 g/mol. The molecule has 0 aliphatic rings. The first-order valence-corrected chi connectivity index (χ1v) is 4.74. The van der Waals surface area contributed by atoms with Crippen LogP contribution in [0.5, 0.6) is 0 Å². The van der Waals surface area contributed by atoms with Crippen LogP contribution in [-0.2, 0) is 33.3 Å². The van der Waals surface area contributed by atoms with E-state index < -0.39 is 14.2 Å². The zero-order valence-electron chi connectivity index (χ0n) is 1.97. The van der Waals surface area contributed by atoms with Crippen LogP contribution in [0.4, 0.5) is 0 Å². The van der Waals surface area contributed by atoms with E-state index in [0.29, 0.717) is 0 Å². The Kier molecular flexibility index (Phi) is 10.9. The molecule has 0 unspecified atom stereocenters. The van der Waals surface area contributed by atoms with Gasteiger partial charge in [0.05, 0.1) is 0 Å². The van der Waals surface area contributed by atoms with Crippen molar-refractivity contribution in [1.82, 2.24) is 0 Å². The van der Waals surface area contributed by atoms with Crippen LogP contribution in [0.1, 0.15) is 0 Å².